The van der Waals surface area contributed by atoms with Crippen LogP contribution < -0.4 is 0 Å². The van der Waals surface area contributed by atoms with Gasteiger partial charge >= 0.3 is 0 Å². The molecule has 0 aromatic carbocycles. The van der Waals surface area contributed by atoms with Crippen LogP contribution in [0.3, 0.4) is 0 Å². The van der Waals surface area contributed by atoms with Gasteiger partial charge in [-0.3, -0.25) is 0 Å². The third-order valence-corrected chi connectivity index (χ3v) is 2.49. The van der Waals surface area contributed by atoms with Crippen LogP contribution in [0, 0.1) is 5.92 Å². The topological polar surface area (TPSA) is 21.8 Å². The van der Waals surface area contributed by atoms with E-state index in [9.17, 15) is 0 Å². The van der Waals surface area contributed by atoms with E-state index in [0.29, 0.717) is 18.3 Å². The van der Waals surface area contributed by atoms with Crippen LogP contribution in [0.2, 0.25) is 0 Å². The van der Waals surface area contributed by atoms with Crippen LogP contribution in [0.5, 0.6) is 0 Å². The van der Waals surface area contributed by atoms with E-state index < -0.39 is 0 Å². The predicted octanol–water partition coefficient (Wildman–Crippen LogP) is 0.172. The second kappa shape index (κ2) is 0.957. The average Bonchev–Trinajstić information content (AvgIpc) is 2.34. The summed E-state index contributed by atoms with van der Waals surface area (Å²) in [6.45, 7) is 0.964. The quantitative estimate of drug-likeness (QED) is 0.417. The lowest BCUT2D eigenvalue weighted by Crippen LogP contribution is -2.39. The van der Waals surface area contributed by atoms with Crippen molar-refractivity contribution >= 4 is 0 Å². The Morgan fingerprint density at radius 2 is 2.25 bits per heavy atom. The summed E-state index contributed by atoms with van der Waals surface area (Å²) in [4.78, 5) is 0. The Balaban J connectivity index is 1.92. The fraction of sp³-hybridized carbons (Fsp3) is 1.00. The van der Waals surface area contributed by atoms with Crippen LogP contribution in [0.15, 0.2) is 0 Å². The number of hydrogen-bond acceptors (Lipinski definition) is 2. The Kier molecular flexibility index (Phi) is 0.461. The van der Waals surface area contributed by atoms with E-state index in [1.807, 2.05) is 0 Å². The molecule has 0 N–H and O–H groups in total. The Hall–Kier alpha value is -0.0800. The number of fused-ring (bicyclic) bond motifs is 3. The van der Waals surface area contributed by atoms with Crippen LogP contribution in [-0.4, -0.2) is 24.9 Å². The van der Waals surface area contributed by atoms with Crippen LogP contribution in [0.25, 0.3) is 0 Å². The van der Waals surface area contributed by atoms with Gasteiger partial charge in [-0.05, 0) is 0 Å². The molecule has 1 aliphatic carbocycles. The highest BCUT2D eigenvalue weighted by Gasteiger charge is 2.60. The minimum absolute atomic E-state index is 0.596. The number of hydrogen-bond donors (Lipinski definition) is 0. The molecule has 44 valence electrons. The van der Waals surface area contributed by atoms with Gasteiger partial charge in [0.2, 0.25) is 0 Å². The molecule has 0 amide bonds. The molecular weight excluding hydrogens is 104 g/mol. The molecule has 3 rings (SSSR count). The van der Waals surface area contributed by atoms with Gasteiger partial charge in [-0.1, -0.05) is 0 Å². The molecule has 2 aliphatic heterocycles. The monoisotopic (exact) mass is 112 g/mol. The van der Waals surface area contributed by atoms with Gasteiger partial charge in [0.25, 0.3) is 0 Å². The first-order valence-corrected chi connectivity index (χ1v) is 3.22. The molecule has 1 saturated carbocycles. The molecule has 3 aliphatic rings. The van der Waals surface area contributed by atoms with E-state index >= 15 is 0 Å². The Bertz CT molecular complexity index is 130. The van der Waals surface area contributed by atoms with Gasteiger partial charge in [-0.15, -0.1) is 0 Å². The molecule has 2 heteroatoms. The van der Waals surface area contributed by atoms with Crippen molar-refractivity contribution in [3.8, 4) is 0 Å². The second-order valence-corrected chi connectivity index (χ2v) is 2.91. The molecule has 2 heterocycles. The van der Waals surface area contributed by atoms with Gasteiger partial charge in [0.15, 0.2) is 0 Å². The van der Waals surface area contributed by atoms with E-state index in [0.717, 1.165) is 12.5 Å². The van der Waals surface area contributed by atoms with Crippen LogP contribution in [0.4, 0.5) is 0 Å². The fourth-order valence-electron chi connectivity index (χ4n) is 1.84. The lowest BCUT2D eigenvalue weighted by atomic mass is 10.0. The van der Waals surface area contributed by atoms with Gasteiger partial charge in [-0.25, -0.2) is 0 Å². The molecule has 3 fully saturated rings. The van der Waals surface area contributed by atoms with Gasteiger partial charge in [0.05, 0.1) is 24.9 Å². The minimum atomic E-state index is 0.596. The molecule has 4 atom stereocenters. The van der Waals surface area contributed by atoms with Crippen molar-refractivity contribution in [1.82, 2.24) is 0 Å². The largest absolute Gasteiger partial charge is 0.377 e. The molecule has 8 heavy (non-hydrogen) atoms. The zero-order chi connectivity index (χ0) is 5.14. The number of ether oxygens (including phenoxy) is 2. The Morgan fingerprint density at radius 3 is 2.62 bits per heavy atom. The van der Waals surface area contributed by atoms with Gasteiger partial charge < -0.3 is 9.47 Å². The van der Waals surface area contributed by atoms with Crippen molar-refractivity contribution in [1.29, 1.82) is 0 Å². The Morgan fingerprint density at radius 1 is 1.25 bits per heavy atom. The molecule has 0 aromatic heterocycles. The van der Waals surface area contributed by atoms with Crippen LogP contribution in [0.1, 0.15) is 6.42 Å². The summed E-state index contributed by atoms with van der Waals surface area (Å²) in [6, 6.07) is 0. The molecule has 0 bridgehead atoms. The molecule has 2 saturated heterocycles. The first-order chi connectivity index (χ1) is 3.95. The molecule has 2 nitrogen and oxygen atoms in total. The van der Waals surface area contributed by atoms with Crippen LogP contribution in [-0.2, 0) is 9.47 Å². The predicted molar refractivity (Wildman–Crippen MR) is 26.5 cm³/mol. The van der Waals surface area contributed by atoms with Gasteiger partial charge in [-0.2, -0.15) is 0 Å². The molecule has 0 spiro atoms. The van der Waals surface area contributed by atoms with Gasteiger partial charge in [0.1, 0.15) is 0 Å². The van der Waals surface area contributed by atoms with Crippen molar-refractivity contribution in [2.24, 2.45) is 5.92 Å². The highest BCUT2D eigenvalue weighted by Crippen LogP contribution is 2.49. The third kappa shape index (κ3) is 0.273. The SMILES string of the molecule is C1O[C@H]2C[C@H]3O[C@H]3[C@@H]12. The number of rotatable bonds is 0. The van der Waals surface area contributed by atoms with Crippen molar-refractivity contribution < 1.29 is 9.47 Å². The maximum absolute atomic E-state index is 5.31. The maximum atomic E-state index is 5.31. The zero-order valence-corrected chi connectivity index (χ0v) is 4.54. The third-order valence-electron chi connectivity index (χ3n) is 2.49. The highest BCUT2D eigenvalue weighted by atomic mass is 16.6. The van der Waals surface area contributed by atoms with Crippen LogP contribution >= 0.6 is 0 Å². The molecule has 0 radical (unpaired) electrons. The van der Waals surface area contributed by atoms with Crippen molar-refractivity contribution in [2.75, 3.05) is 6.61 Å². The van der Waals surface area contributed by atoms with Crippen molar-refractivity contribution in [3.05, 3.63) is 0 Å². The maximum Gasteiger partial charge on any atom is 0.0917 e. The number of epoxide rings is 1. The first kappa shape index (κ1) is 3.85. The van der Waals surface area contributed by atoms with E-state index in [1.165, 1.54) is 6.42 Å². The zero-order valence-electron chi connectivity index (χ0n) is 4.54. The second-order valence-electron chi connectivity index (χ2n) is 2.91. The van der Waals surface area contributed by atoms with E-state index in [2.05, 4.69) is 0 Å². The highest BCUT2D eigenvalue weighted by molar-refractivity contribution is 5.06. The minimum Gasteiger partial charge on any atom is -0.377 e. The Labute approximate surface area is 47.8 Å². The smallest absolute Gasteiger partial charge is 0.0917 e. The van der Waals surface area contributed by atoms with E-state index in [4.69, 9.17) is 9.47 Å². The van der Waals surface area contributed by atoms with E-state index in [1.54, 1.807) is 0 Å². The summed E-state index contributed by atoms with van der Waals surface area (Å²) in [5, 5.41) is 0. The van der Waals surface area contributed by atoms with Crippen molar-refractivity contribution in [2.45, 2.75) is 24.7 Å². The first-order valence-electron chi connectivity index (χ1n) is 3.22. The lowest BCUT2D eigenvalue weighted by molar-refractivity contribution is -0.122. The standard InChI is InChI=1S/C6H8O2/c1-4-3(2-7-4)6-5(1)8-6/h3-6H,1-2H2/t3-,4-,5+,6-/m0/s1. The van der Waals surface area contributed by atoms with Crippen molar-refractivity contribution in [3.63, 3.8) is 0 Å². The summed E-state index contributed by atoms with van der Waals surface area (Å²) < 4.78 is 10.6. The lowest BCUT2D eigenvalue weighted by Gasteiger charge is -2.31. The summed E-state index contributed by atoms with van der Waals surface area (Å²) in [5.41, 5.74) is 0. The summed E-state index contributed by atoms with van der Waals surface area (Å²) >= 11 is 0. The normalized spacial score (nSPS) is 66.0. The summed E-state index contributed by atoms with van der Waals surface area (Å²) in [5.74, 6) is 0.792. The molecule has 0 unspecified atom stereocenters. The molecule has 0 aromatic rings. The summed E-state index contributed by atoms with van der Waals surface area (Å²) in [6.07, 6.45) is 3.00. The average molecular weight is 112 g/mol. The summed E-state index contributed by atoms with van der Waals surface area (Å²) in [7, 11) is 0. The van der Waals surface area contributed by atoms with Gasteiger partial charge in [0, 0.05) is 12.3 Å². The van der Waals surface area contributed by atoms with E-state index in [-0.39, 0.29) is 0 Å². The fourth-order valence-corrected chi connectivity index (χ4v) is 1.84. The molecular formula is C6H8O2.